The van der Waals surface area contributed by atoms with E-state index in [1.54, 1.807) is 11.3 Å². The average Bonchev–Trinajstić information content (AvgIpc) is 2.61. The molecule has 0 aliphatic carbocycles. The SMILES string of the molecule is CC(C)(C)OC(=O)C1CNc2ccsc2C1. The van der Waals surface area contributed by atoms with Crippen LogP contribution in [0, 0.1) is 5.92 Å². The Balaban J connectivity index is 2.01. The maximum atomic E-state index is 11.9. The molecule has 3 nitrogen and oxygen atoms in total. The van der Waals surface area contributed by atoms with E-state index in [1.165, 1.54) is 10.6 Å². The van der Waals surface area contributed by atoms with Gasteiger partial charge in [-0.2, -0.15) is 0 Å². The highest BCUT2D eigenvalue weighted by Crippen LogP contribution is 2.30. The summed E-state index contributed by atoms with van der Waals surface area (Å²) in [7, 11) is 0. The van der Waals surface area contributed by atoms with Gasteiger partial charge in [0, 0.05) is 17.1 Å². The fraction of sp³-hybridized carbons (Fsp3) is 0.583. The maximum Gasteiger partial charge on any atom is 0.311 e. The fourth-order valence-corrected chi connectivity index (χ4v) is 2.67. The van der Waals surface area contributed by atoms with E-state index in [0.29, 0.717) is 6.54 Å². The molecule has 1 aliphatic heterocycles. The lowest BCUT2D eigenvalue weighted by Crippen LogP contribution is -2.35. The van der Waals surface area contributed by atoms with E-state index in [1.807, 2.05) is 20.8 Å². The Morgan fingerprint density at radius 1 is 1.56 bits per heavy atom. The van der Waals surface area contributed by atoms with Crippen molar-refractivity contribution in [1.29, 1.82) is 0 Å². The minimum absolute atomic E-state index is 0.0506. The van der Waals surface area contributed by atoms with E-state index in [9.17, 15) is 4.79 Å². The van der Waals surface area contributed by atoms with Crippen LogP contribution in [0.4, 0.5) is 5.69 Å². The minimum Gasteiger partial charge on any atom is -0.460 e. The maximum absolute atomic E-state index is 11.9. The molecule has 1 N–H and O–H groups in total. The summed E-state index contributed by atoms with van der Waals surface area (Å²) in [6.07, 6.45) is 0.801. The molecule has 88 valence electrons. The topological polar surface area (TPSA) is 38.3 Å². The van der Waals surface area contributed by atoms with Crippen LogP contribution in [0.5, 0.6) is 0 Å². The van der Waals surface area contributed by atoms with Crippen molar-refractivity contribution >= 4 is 23.0 Å². The number of hydrogen-bond acceptors (Lipinski definition) is 4. The van der Waals surface area contributed by atoms with Gasteiger partial charge in [-0.05, 0) is 38.6 Å². The molecular formula is C12H17NO2S. The lowest BCUT2D eigenvalue weighted by molar-refractivity contribution is -0.159. The van der Waals surface area contributed by atoms with Gasteiger partial charge in [0.05, 0.1) is 5.92 Å². The Hall–Kier alpha value is -1.03. The van der Waals surface area contributed by atoms with Crippen LogP contribution in [0.1, 0.15) is 25.6 Å². The molecule has 1 aromatic rings. The van der Waals surface area contributed by atoms with Gasteiger partial charge in [0.25, 0.3) is 0 Å². The molecule has 0 radical (unpaired) electrons. The van der Waals surface area contributed by atoms with Gasteiger partial charge in [-0.1, -0.05) is 0 Å². The molecule has 0 bridgehead atoms. The minimum atomic E-state index is -0.396. The van der Waals surface area contributed by atoms with Crippen molar-refractivity contribution in [2.45, 2.75) is 32.8 Å². The number of ether oxygens (including phenoxy) is 1. The van der Waals surface area contributed by atoms with Gasteiger partial charge in [-0.3, -0.25) is 4.79 Å². The standard InChI is InChI=1S/C12H17NO2S/c1-12(2,3)15-11(14)8-6-10-9(13-7-8)4-5-16-10/h4-5,8,13H,6-7H2,1-3H3. The number of carbonyl (C=O) groups excluding carboxylic acids is 1. The first-order chi connectivity index (χ1) is 7.46. The summed E-state index contributed by atoms with van der Waals surface area (Å²) in [5.41, 5.74) is 0.775. The molecular weight excluding hydrogens is 222 g/mol. The Kier molecular flexibility index (Phi) is 2.93. The van der Waals surface area contributed by atoms with Gasteiger partial charge in [-0.25, -0.2) is 0 Å². The summed E-state index contributed by atoms with van der Waals surface area (Å²) in [5, 5.41) is 5.32. The van der Waals surface area contributed by atoms with Gasteiger partial charge >= 0.3 is 5.97 Å². The van der Waals surface area contributed by atoms with Gasteiger partial charge in [-0.15, -0.1) is 11.3 Å². The Morgan fingerprint density at radius 3 is 3.00 bits per heavy atom. The number of thiophene rings is 1. The van der Waals surface area contributed by atoms with E-state index in [4.69, 9.17) is 4.74 Å². The molecule has 1 atom stereocenters. The molecule has 0 spiro atoms. The lowest BCUT2D eigenvalue weighted by Gasteiger charge is -2.26. The van der Waals surface area contributed by atoms with Crippen molar-refractivity contribution in [2.24, 2.45) is 5.92 Å². The van der Waals surface area contributed by atoms with Crippen LogP contribution in [0.25, 0.3) is 0 Å². The number of esters is 1. The van der Waals surface area contributed by atoms with Crippen LogP contribution in [0.3, 0.4) is 0 Å². The van der Waals surface area contributed by atoms with Gasteiger partial charge in [0.15, 0.2) is 0 Å². The highest BCUT2D eigenvalue weighted by Gasteiger charge is 2.29. The molecule has 0 amide bonds. The summed E-state index contributed by atoms with van der Waals surface area (Å²) in [6, 6.07) is 2.06. The first-order valence-corrected chi connectivity index (χ1v) is 6.37. The van der Waals surface area contributed by atoms with Crippen LogP contribution in [0.15, 0.2) is 11.4 Å². The molecule has 2 rings (SSSR count). The molecule has 1 aromatic heterocycles. The molecule has 0 fully saturated rings. The van der Waals surface area contributed by atoms with Gasteiger partial charge < -0.3 is 10.1 Å². The molecule has 4 heteroatoms. The Labute approximate surface area is 99.8 Å². The van der Waals surface area contributed by atoms with Crippen molar-refractivity contribution < 1.29 is 9.53 Å². The molecule has 16 heavy (non-hydrogen) atoms. The zero-order valence-corrected chi connectivity index (χ0v) is 10.7. The average molecular weight is 239 g/mol. The third-order valence-corrected chi connectivity index (χ3v) is 3.40. The molecule has 0 saturated carbocycles. The van der Waals surface area contributed by atoms with Crippen LogP contribution in [0.2, 0.25) is 0 Å². The second-order valence-corrected chi connectivity index (χ2v) is 6.07. The highest BCUT2D eigenvalue weighted by molar-refractivity contribution is 7.10. The van der Waals surface area contributed by atoms with Gasteiger partial charge in [0.2, 0.25) is 0 Å². The Morgan fingerprint density at radius 2 is 2.31 bits per heavy atom. The largest absolute Gasteiger partial charge is 0.460 e. The summed E-state index contributed by atoms with van der Waals surface area (Å²) >= 11 is 1.69. The third-order valence-electron chi connectivity index (χ3n) is 2.46. The number of carbonyl (C=O) groups is 1. The number of fused-ring (bicyclic) bond motifs is 1. The summed E-state index contributed by atoms with van der Waals surface area (Å²) in [4.78, 5) is 13.1. The van der Waals surface area contributed by atoms with Crippen molar-refractivity contribution in [3.8, 4) is 0 Å². The summed E-state index contributed by atoms with van der Waals surface area (Å²) < 4.78 is 5.39. The number of hydrogen-bond donors (Lipinski definition) is 1. The van der Waals surface area contributed by atoms with E-state index in [-0.39, 0.29) is 11.9 Å². The normalized spacial score (nSPS) is 19.8. The molecule has 2 heterocycles. The van der Waals surface area contributed by atoms with Crippen molar-refractivity contribution in [2.75, 3.05) is 11.9 Å². The van der Waals surface area contributed by atoms with Crippen molar-refractivity contribution in [3.05, 3.63) is 16.3 Å². The van der Waals surface area contributed by atoms with E-state index in [2.05, 4.69) is 16.8 Å². The lowest BCUT2D eigenvalue weighted by atomic mass is 10.00. The smallest absolute Gasteiger partial charge is 0.311 e. The summed E-state index contributed by atoms with van der Waals surface area (Å²) in [6.45, 7) is 6.38. The molecule has 0 saturated heterocycles. The molecule has 0 aromatic carbocycles. The zero-order chi connectivity index (χ0) is 11.8. The molecule has 1 aliphatic rings. The number of anilines is 1. The predicted octanol–water partition coefficient (Wildman–Crippen LogP) is 2.67. The van der Waals surface area contributed by atoms with E-state index >= 15 is 0 Å². The second kappa shape index (κ2) is 4.09. The first-order valence-electron chi connectivity index (χ1n) is 5.49. The quantitative estimate of drug-likeness (QED) is 0.766. The van der Waals surface area contributed by atoms with E-state index < -0.39 is 5.60 Å². The highest BCUT2D eigenvalue weighted by atomic mass is 32.1. The van der Waals surface area contributed by atoms with Crippen molar-refractivity contribution in [1.82, 2.24) is 0 Å². The predicted molar refractivity (Wildman–Crippen MR) is 65.8 cm³/mol. The monoisotopic (exact) mass is 239 g/mol. The first kappa shape index (κ1) is 11.5. The summed E-state index contributed by atoms with van der Waals surface area (Å²) in [5.74, 6) is -0.149. The number of rotatable bonds is 1. The van der Waals surface area contributed by atoms with Crippen LogP contribution >= 0.6 is 11.3 Å². The van der Waals surface area contributed by atoms with Crippen LogP contribution in [-0.2, 0) is 16.0 Å². The number of nitrogens with one attached hydrogen (secondary N) is 1. The van der Waals surface area contributed by atoms with Gasteiger partial charge in [0.1, 0.15) is 5.60 Å². The Bertz CT molecular complexity index is 392. The van der Waals surface area contributed by atoms with Crippen LogP contribution < -0.4 is 5.32 Å². The third kappa shape index (κ3) is 2.55. The van der Waals surface area contributed by atoms with Crippen LogP contribution in [-0.4, -0.2) is 18.1 Å². The van der Waals surface area contributed by atoms with E-state index in [0.717, 1.165) is 6.42 Å². The fourth-order valence-electron chi connectivity index (χ4n) is 1.74. The molecule has 1 unspecified atom stereocenters. The second-order valence-electron chi connectivity index (χ2n) is 5.07. The van der Waals surface area contributed by atoms with Crippen molar-refractivity contribution in [3.63, 3.8) is 0 Å². The zero-order valence-electron chi connectivity index (χ0n) is 9.87.